The van der Waals surface area contributed by atoms with E-state index in [4.69, 9.17) is 5.41 Å². The van der Waals surface area contributed by atoms with E-state index in [2.05, 4.69) is 18.5 Å². The van der Waals surface area contributed by atoms with Crippen molar-refractivity contribution in [3.8, 4) is 0 Å². The highest BCUT2D eigenvalue weighted by Crippen LogP contribution is 2.11. The third kappa shape index (κ3) is 3.66. The fourth-order valence-corrected chi connectivity index (χ4v) is 1.41. The maximum absolute atomic E-state index is 7.91. The number of allylic oxidation sites excluding steroid dienone is 1. The second-order valence-corrected chi connectivity index (χ2v) is 3.65. The summed E-state index contributed by atoms with van der Waals surface area (Å²) in [5.41, 5.74) is 2.09. The molecule has 1 aromatic heterocycles. The Morgan fingerprint density at radius 1 is 1.40 bits per heavy atom. The van der Waals surface area contributed by atoms with E-state index in [9.17, 15) is 0 Å². The zero-order valence-corrected chi connectivity index (χ0v) is 9.29. The predicted molar refractivity (Wildman–Crippen MR) is 64.3 cm³/mol. The average Bonchev–Trinajstić information content (AvgIpc) is 2.29. The molecule has 0 aliphatic rings. The van der Waals surface area contributed by atoms with Crippen molar-refractivity contribution in [2.24, 2.45) is 0 Å². The molecule has 2 nitrogen and oxygen atoms in total. The highest BCUT2D eigenvalue weighted by molar-refractivity contribution is 6.08. The molecule has 0 bridgehead atoms. The topological polar surface area (TPSA) is 36.7 Å². The highest BCUT2D eigenvalue weighted by atomic mass is 14.7. The number of rotatable bonds is 6. The van der Waals surface area contributed by atoms with Crippen LogP contribution in [0.4, 0.5) is 0 Å². The number of pyridine rings is 1. The molecule has 2 heteroatoms. The minimum absolute atomic E-state index is 0.478. The lowest BCUT2D eigenvalue weighted by Gasteiger charge is -2.06. The number of unbranched alkanes of at least 4 members (excludes halogenated alkanes) is 2. The highest BCUT2D eigenvalue weighted by Gasteiger charge is 2.05. The van der Waals surface area contributed by atoms with E-state index >= 15 is 0 Å². The van der Waals surface area contributed by atoms with E-state index < -0.39 is 0 Å². The van der Waals surface area contributed by atoms with Crippen molar-refractivity contribution in [1.82, 2.24) is 4.98 Å². The monoisotopic (exact) mass is 202 g/mol. The zero-order chi connectivity index (χ0) is 11.1. The van der Waals surface area contributed by atoms with Gasteiger partial charge in [0.1, 0.15) is 0 Å². The third-order valence-electron chi connectivity index (χ3n) is 2.36. The van der Waals surface area contributed by atoms with E-state index in [0.717, 1.165) is 24.1 Å². The molecule has 1 aromatic rings. The Labute approximate surface area is 91.6 Å². The Morgan fingerprint density at radius 2 is 2.20 bits per heavy atom. The molecule has 0 fully saturated rings. The smallest absolute Gasteiger partial charge is 0.0881 e. The Kier molecular flexibility index (Phi) is 4.75. The van der Waals surface area contributed by atoms with Crippen LogP contribution in [0.2, 0.25) is 0 Å². The molecule has 0 aliphatic heterocycles. The Balaban J connectivity index is 2.50. The molecular weight excluding hydrogens is 184 g/mol. The lowest BCUT2D eigenvalue weighted by atomic mass is 10.0. The van der Waals surface area contributed by atoms with Gasteiger partial charge in [0.25, 0.3) is 0 Å². The quantitative estimate of drug-likeness (QED) is 0.555. The van der Waals surface area contributed by atoms with Gasteiger partial charge in [-0.2, -0.15) is 0 Å². The zero-order valence-electron chi connectivity index (χ0n) is 9.29. The van der Waals surface area contributed by atoms with Crippen LogP contribution in [-0.4, -0.2) is 10.7 Å². The first-order valence-electron chi connectivity index (χ1n) is 5.43. The molecule has 0 amide bonds. The third-order valence-corrected chi connectivity index (χ3v) is 2.36. The summed E-state index contributed by atoms with van der Waals surface area (Å²) in [6, 6.07) is 5.61. The fraction of sp³-hybridized carbons (Fsp3) is 0.385. The van der Waals surface area contributed by atoms with Gasteiger partial charge in [-0.1, -0.05) is 32.4 Å². The summed E-state index contributed by atoms with van der Waals surface area (Å²) in [5, 5.41) is 7.91. The predicted octanol–water partition coefficient (Wildman–Crippen LogP) is 3.59. The van der Waals surface area contributed by atoms with E-state index in [1.54, 1.807) is 6.20 Å². The van der Waals surface area contributed by atoms with Gasteiger partial charge in [-0.25, -0.2) is 0 Å². The van der Waals surface area contributed by atoms with Gasteiger partial charge in [-0.3, -0.25) is 10.4 Å². The van der Waals surface area contributed by atoms with Gasteiger partial charge >= 0.3 is 0 Å². The van der Waals surface area contributed by atoms with Crippen LogP contribution in [0.5, 0.6) is 0 Å². The molecule has 0 saturated carbocycles. The van der Waals surface area contributed by atoms with Crippen LogP contribution >= 0.6 is 0 Å². The largest absolute Gasteiger partial charge is 0.298 e. The van der Waals surface area contributed by atoms with Crippen molar-refractivity contribution >= 4 is 5.71 Å². The second kappa shape index (κ2) is 6.12. The van der Waals surface area contributed by atoms with Crippen molar-refractivity contribution in [3.05, 3.63) is 42.2 Å². The molecule has 0 spiro atoms. The Hall–Kier alpha value is -1.44. The Bertz CT molecular complexity index is 328. The summed E-state index contributed by atoms with van der Waals surface area (Å²) < 4.78 is 0. The first kappa shape index (κ1) is 11.6. The maximum Gasteiger partial charge on any atom is 0.0881 e. The molecule has 15 heavy (non-hydrogen) atoms. The standard InChI is InChI=1S/C13H18N2/c1-3-4-5-8-11(2)13(14)12-9-6-7-10-15-12/h6-7,9-10,14H,2-5,8H2,1H3. The van der Waals surface area contributed by atoms with Crippen LogP contribution in [0, 0.1) is 5.41 Å². The lowest BCUT2D eigenvalue weighted by Crippen LogP contribution is -2.04. The molecule has 0 aromatic carbocycles. The molecule has 0 unspecified atom stereocenters. The van der Waals surface area contributed by atoms with Crippen LogP contribution in [0.15, 0.2) is 36.5 Å². The molecule has 0 atom stereocenters. The number of hydrogen-bond donors (Lipinski definition) is 1. The first-order valence-corrected chi connectivity index (χ1v) is 5.43. The molecule has 0 saturated heterocycles. The van der Waals surface area contributed by atoms with Crippen molar-refractivity contribution in [2.45, 2.75) is 32.6 Å². The van der Waals surface area contributed by atoms with Gasteiger partial charge < -0.3 is 0 Å². The van der Waals surface area contributed by atoms with Gasteiger partial charge in [-0.05, 0) is 30.5 Å². The molecular formula is C13H18N2. The lowest BCUT2D eigenvalue weighted by molar-refractivity contribution is 0.722. The summed E-state index contributed by atoms with van der Waals surface area (Å²) in [6.07, 6.45) is 6.13. The molecule has 0 aliphatic carbocycles. The fourth-order valence-electron chi connectivity index (χ4n) is 1.41. The van der Waals surface area contributed by atoms with Crippen molar-refractivity contribution < 1.29 is 0 Å². The van der Waals surface area contributed by atoms with Gasteiger partial charge in [0, 0.05) is 6.20 Å². The molecule has 1 rings (SSSR count). The maximum atomic E-state index is 7.91. The normalized spacial score (nSPS) is 9.93. The van der Waals surface area contributed by atoms with Gasteiger partial charge in [-0.15, -0.1) is 0 Å². The van der Waals surface area contributed by atoms with Crippen molar-refractivity contribution in [2.75, 3.05) is 0 Å². The van der Waals surface area contributed by atoms with Gasteiger partial charge in [0.2, 0.25) is 0 Å². The van der Waals surface area contributed by atoms with Crippen molar-refractivity contribution in [1.29, 1.82) is 5.41 Å². The van der Waals surface area contributed by atoms with Crippen LogP contribution in [0.1, 0.15) is 38.3 Å². The summed E-state index contributed by atoms with van der Waals surface area (Å²) in [6.45, 7) is 6.11. The summed E-state index contributed by atoms with van der Waals surface area (Å²) in [4.78, 5) is 4.14. The number of hydrogen-bond acceptors (Lipinski definition) is 2. The SMILES string of the molecule is C=C(CCCCC)C(=N)c1ccccn1. The van der Waals surface area contributed by atoms with E-state index in [1.807, 2.05) is 18.2 Å². The summed E-state index contributed by atoms with van der Waals surface area (Å²) in [7, 11) is 0. The average molecular weight is 202 g/mol. The minimum Gasteiger partial charge on any atom is -0.298 e. The second-order valence-electron chi connectivity index (χ2n) is 3.65. The van der Waals surface area contributed by atoms with Crippen LogP contribution in [0.25, 0.3) is 0 Å². The summed E-state index contributed by atoms with van der Waals surface area (Å²) in [5.74, 6) is 0. The van der Waals surface area contributed by atoms with Crippen LogP contribution < -0.4 is 0 Å². The van der Waals surface area contributed by atoms with Gasteiger partial charge in [0.05, 0.1) is 11.4 Å². The van der Waals surface area contributed by atoms with Crippen LogP contribution in [-0.2, 0) is 0 Å². The van der Waals surface area contributed by atoms with E-state index in [0.29, 0.717) is 5.71 Å². The van der Waals surface area contributed by atoms with E-state index in [1.165, 1.54) is 12.8 Å². The van der Waals surface area contributed by atoms with Gasteiger partial charge in [0.15, 0.2) is 0 Å². The molecule has 1 heterocycles. The van der Waals surface area contributed by atoms with Crippen LogP contribution in [0.3, 0.4) is 0 Å². The summed E-state index contributed by atoms with van der Waals surface area (Å²) >= 11 is 0. The molecule has 80 valence electrons. The van der Waals surface area contributed by atoms with Crippen molar-refractivity contribution in [3.63, 3.8) is 0 Å². The number of nitrogens with zero attached hydrogens (tertiary/aromatic N) is 1. The number of aromatic nitrogens is 1. The molecule has 1 N–H and O–H groups in total. The number of nitrogens with one attached hydrogen (secondary N) is 1. The van der Waals surface area contributed by atoms with E-state index in [-0.39, 0.29) is 0 Å². The Morgan fingerprint density at radius 3 is 2.80 bits per heavy atom. The molecule has 0 radical (unpaired) electrons. The first-order chi connectivity index (χ1) is 7.25. The minimum atomic E-state index is 0.478.